The van der Waals surface area contributed by atoms with Crippen LogP contribution in [0.25, 0.3) is 0 Å². The van der Waals surface area contributed by atoms with E-state index in [1.165, 1.54) is 18.5 Å². The summed E-state index contributed by atoms with van der Waals surface area (Å²) in [6.45, 7) is 8.25. The Balaban J connectivity index is 1.65. The highest BCUT2D eigenvalue weighted by molar-refractivity contribution is 5.67. The van der Waals surface area contributed by atoms with Gasteiger partial charge in [-0.1, -0.05) is 42.5 Å². The number of nitrogens with zero attached hydrogens (tertiary/aromatic N) is 2. The lowest BCUT2D eigenvalue weighted by molar-refractivity contribution is 0.0171. The average Bonchev–Trinajstić information content (AvgIpc) is 3.28. The van der Waals surface area contributed by atoms with Crippen molar-refractivity contribution in [1.29, 1.82) is 0 Å². The first-order valence-electron chi connectivity index (χ1n) is 11.8. The van der Waals surface area contributed by atoms with Gasteiger partial charge in [0.05, 0.1) is 6.10 Å². The van der Waals surface area contributed by atoms with E-state index in [9.17, 15) is 9.90 Å². The highest BCUT2D eigenvalue weighted by atomic mass is 16.6. The molecular formula is C26H38N4O3. The number of anilines is 1. The predicted octanol–water partition coefficient (Wildman–Crippen LogP) is 3.46. The summed E-state index contributed by atoms with van der Waals surface area (Å²) in [5.74, 6) is 0. The van der Waals surface area contributed by atoms with E-state index in [0.29, 0.717) is 13.0 Å². The van der Waals surface area contributed by atoms with Crippen LogP contribution in [-0.2, 0) is 17.7 Å². The van der Waals surface area contributed by atoms with Gasteiger partial charge in [-0.05, 0) is 63.3 Å². The molecule has 4 N–H and O–H groups in total. The van der Waals surface area contributed by atoms with Gasteiger partial charge in [-0.3, -0.25) is 5.43 Å². The molecule has 1 aliphatic heterocycles. The van der Waals surface area contributed by atoms with Crippen LogP contribution in [0.5, 0.6) is 0 Å². The second-order valence-corrected chi connectivity index (χ2v) is 9.78. The van der Waals surface area contributed by atoms with Crippen molar-refractivity contribution in [3.63, 3.8) is 0 Å². The Morgan fingerprint density at radius 1 is 1.09 bits per heavy atom. The molecule has 7 nitrogen and oxygen atoms in total. The van der Waals surface area contributed by atoms with Crippen molar-refractivity contribution in [2.45, 2.75) is 64.3 Å². The summed E-state index contributed by atoms with van der Waals surface area (Å²) in [6.07, 6.45) is 1.63. The van der Waals surface area contributed by atoms with E-state index >= 15 is 0 Å². The summed E-state index contributed by atoms with van der Waals surface area (Å²) in [6, 6.07) is 17.7. The van der Waals surface area contributed by atoms with Crippen LogP contribution in [0.1, 0.15) is 44.7 Å². The van der Waals surface area contributed by atoms with Gasteiger partial charge in [-0.25, -0.2) is 9.80 Å². The molecule has 0 spiro atoms. The molecular weight excluding hydrogens is 416 g/mol. The van der Waals surface area contributed by atoms with Gasteiger partial charge in [0.15, 0.2) is 0 Å². The number of aliphatic hydroxyl groups is 1. The minimum absolute atomic E-state index is 0.182. The summed E-state index contributed by atoms with van der Waals surface area (Å²) in [4.78, 5) is 14.8. The Morgan fingerprint density at radius 3 is 2.33 bits per heavy atom. The van der Waals surface area contributed by atoms with Crippen molar-refractivity contribution in [3.8, 4) is 0 Å². The van der Waals surface area contributed by atoms with Gasteiger partial charge in [0.2, 0.25) is 0 Å². The molecule has 3 rings (SSSR count). The molecule has 0 unspecified atom stereocenters. The normalized spacial score (nSPS) is 16.0. The molecule has 2 atom stereocenters. The molecule has 1 amide bonds. The lowest BCUT2D eigenvalue weighted by Gasteiger charge is -2.29. The van der Waals surface area contributed by atoms with Crippen LogP contribution in [-0.4, -0.2) is 53.6 Å². The van der Waals surface area contributed by atoms with E-state index < -0.39 is 23.8 Å². The predicted molar refractivity (Wildman–Crippen MR) is 132 cm³/mol. The van der Waals surface area contributed by atoms with Crippen molar-refractivity contribution >= 4 is 11.8 Å². The quantitative estimate of drug-likeness (QED) is 0.503. The third kappa shape index (κ3) is 8.35. The lowest BCUT2D eigenvalue weighted by atomic mass is 10.0. The first kappa shape index (κ1) is 25.0. The second-order valence-electron chi connectivity index (χ2n) is 9.78. The Bertz CT molecular complexity index is 861. The number of aliphatic hydroxyl groups excluding tert-OH is 1. The summed E-state index contributed by atoms with van der Waals surface area (Å²) in [5, 5.41) is 12.5. The molecule has 0 bridgehead atoms. The molecule has 2 aromatic carbocycles. The number of nitrogens with one attached hydrogen (secondary N) is 1. The fraction of sp³-hybridized carbons (Fsp3) is 0.500. The maximum atomic E-state index is 12.4. The number of carbonyl (C=O) groups excluding carboxylic acids is 1. The van der Waals surface area contributed by atoms with Gasteiger partial charge < -0.3 is 20.5 Å². The van der Waals surface area contributed by atoms with Gasteiger partial charge >= 0.3 is 6.09 Å². The number of nitrogens with two attached hydrogens (primary N) is 1. The monoisotopic (exact) mass is 454 g/mol. The highest BCUT2D eigenvalue weighted by Gasteiger charge is 2.23. The fourth-order valence-corrected chi connectivity index (χ4v) is 3.97. The first-order chi connectivity index (χ1) is 15.7. The van der Waals surface area contributed by atoms with Gasteiger partial charge in [-0.15, -0.1) is 0 Å². The molecule has 0 radical (unpaired) electrons. The largest absolute Gasteiger partial charge is 0.443 e. The summed E-state index contributed by atoms with van der Waals surface area (Å²) in [5.41, 5.74) is 11.8. The summed E-state index contributed by atoms with van der Waals surface area (Å²) < 4.78 is 5.42. The zero-order chi connectivity index (χ0) is 23.8. The van der Waals surface area contributed by atoms with Crippen LogP contribution in [0.3, 0.4) is 0 Å². The first-order valence-corrected chi connectivity index (χ1v) is 11.8. The highest BCUT2D eigenvalue weighted by Crippen LogP contribution is 2.21. The maximum absolute atomic E-state index is 12.4. The number of hydrazine groups is 1. The number of benzene rings is 2. The van der Waals surface area contributed by atoms with Gasteiger partial charge in [0, 0.05) is 37.9 Å². The van der Waals surface area contributed by atoms with Crippen molar-refractivity contribution in [2.75, 3.05) is 24.5 Å². The van der Waals surface area contributed by atoms with E-state index in [-0.39, 0.29) is 6.54 Å². The fourth-order valence-electron chi connectivity index (χ4n) is 3.97. The van der Waals surface area contributed by atoms with Crippen LogP contribution in [0.4, 0.5) is 10.5 Å². The van der Waals surface area contributed by atoms with Crippen molar-refractivity contribution in [2.24, 2.45) is 5.73 Å². The van der Waals surface area contributed by atoms with Crippen LogP contribution < -0.4 is 16.1 Å². The van der Waals surface area contributed by atoms with E-state index in [0.717, 1.165) is 24.2 Å². The number of carbonyl (C=O) groups is 1. The van der Waals surface area contributed by atoms with Crippen molar-refractivity contribution < 1.29 is 14.6 Å². The Hall–Kier alpha value is -2.61. The molecule has 0 aliphatic carbocycles. The van der Waals surface area contributed by atoms with E-state index in [1.54, 1.807) is 5.01 Å². The minimum Gasteiger partial charge on any atom is -0.443 e. The summed E-state index contributed by atoms with van der Waals surface area (Å²) in [7, 11) is 0. The number of amides is 1. The molecule has 1 aliphatic rings. The lowest BCUT2D eigenvalue weighted by Crippen LogP contribution is -2.51. The molecule has 33 heavy (non-hydrogen) atoms. The zero-order valence-electron chi connectivity index (χ0n) is 20.0. The molecule has 180 valence electrons. The van der Waals surface area contributed by atoms with Crippen LogP contribution in [0.15, 0.2) is 54.6 Å². The van der Waals surface area contributed by atoms with E-state index in [1.807, 2.05) is 51.1 Å². The van der Waals surface area contributed by atoms with Gasteiger partial charge in [0.1, 0.15) is 5.60 Å². The number of hydrogen-bond donors (Lipinski definition) is 3. The van der Waals surface area contributed by atoms with Crippen LogP contribution in [0, 0.1) is 0 Å². The SMILES string of the molecule is CC(C)(C)OC(=O)NN(Cc1ccc(N2CCCC2)cc1)C[C@H](O)[C@@H](N)Cc1ccccc1. The molecule has 1 heterocycles. The number of hydrogen-bond acceptors (Lipinski definition) is 6. The topological polar surface area (TPSA) is 91.1 Å². The maximum Gasteiger partial charge on any atom is 0.422 e. The zero-order valence-corrected chi connectivity index (χ0v) is 20.0. The average molecular weight is 455 g/mol. The molecule has 1 fully saturated rings. The second kappa shape index (κ2) is 11.5. The number of rotatable bonds is 9. The molecule has 2 aromatic rings. The molecule has 0 aromatic heterocycles. The number of ether oxygens (including phenoxy) is 1. The van der Waals surface area contributed by atoms with Crippen LogP contribution >= 0.6 is 0 Å². The standard InChI is InChI=1S/C26H38N4O3/c1-26(2,3)33-25(32)28-30(19-24(31)23(27)17-20-9-5-4-6-10-20)18-21-11-13-22(14-12-21)29-15-7-8-16-29/h4-6,9-14,23-24,31H,7-8,15-19,27H2,1-3H3,(H,28,32)/t23-,24-/m0/s1. The smallest absolute Gasteiger partial charge is 0.422 e. The van der Waals surface area contributed by atoms with E-state index in [2.05, 4.69) is 34.6 Å². The molecule has 7 heteroatoms. The van der Waals surface area contributed by atoms with Crippen molar-refractivity contribution in [3.05, 3.63) is 65.7 Å². The Morgan fingerprint density at radius 2 is 1.73 bits per heavy atom. The third-order valence-corrected chi connectivity index (χ3v) is 5.65. The van der Waals surface area contributed by atoms with Gasteiger partial charge in [0.25, 0.3) is 0 Å². The van der Waals surface area contributed by atoms with Crippen molar-refractivity contribution in [1.82, 2.24) is 10.4 Å². The Kier molecular flexibility index (Phi) is 8.72. The molecule has 0 saturated carbocycles. The summed E-state index contributed by atoms with van der Waals surface area (Å²) >= 11 is 0. The van der Waals surface area contributed by atoms with Crippen LogP contribution in [0.2, 0.25) is 0 Å². The Labute approximate surface area is 197 Å². The minimum atomic E-state index is -0.830. The third-order valence-electron chi connectivity index (χ3n) is 5.65. The van der Waals surface area contributed by atoms with Gasteiger partial charge in [-0.2, -0.15) is 0 Å². The van der Waals surface area contributed by atoms with E-state index in [4.69, 9.17) is 10.5 Å². The molecule has 1 saturated heterocycles.